The second-order valence-corrected chi connectivity index (χ2v) is 6.62. The smallest absolute Gasteiger partial charge is 0.234 e. The summed E-state index contributed by atoms with van der Waals surface area (Å²) in [5.41, 5.74) is 3.18. The van der Waals surface area contributed by atoms with Gasteiger partial charge in [-0.3, -0.25) is 4.79 Å². The number of carbonyl (C=O) groups excluding carboxylic acids is 1. The normalized spacial score (nSPS) is 11.0. The Morgan fingerprint density at radius 3 is 2.77 bits per heavy atom. The van der Waals surface area contributed by atoms with Gasteiger partial charge in [0.1, 0.15) is 0 Å². The van der Waals surface area contributed by atoms with E-state index in [2.05, 4.69) is 34.7 Å². The van der Waals surface area contributed by atoms with Gasteiger partial charge < -0.3 is 5.32 Å². The van der Waals surface area contributed by atoms with Gasteiger partial charge in [-0.15, -0.1) is 5.10 Å². The Hall–Kier alpha value is -1.89. The van der Waals surface area contributed by atoms with Crippen molar-refractivity contribution in [2.75, 3.05) is 11.1 Å². The lowest BCUT2D eigenvalue weighted by molar-refractivity contribution is -0.113. The number of rotatable bonds is 6. The number of amides is 1. The van der Waals surface area contributed by atoms with Crippen molar-refractivity contribution in [3.63, 3.8) is 0 Å². The van der Waals surface area contributed by atoms with Crippen LogP contribution in [0.5, 0.6) is 0 Å². The minimum Gasteiger partial charge on any atom is -0.325 e. The molecule has 1 aromatic carbocycles. The highest BCUT2D eigenvalue weighted by atomic mass is 32.2. The van der Waals surface area contributed by atoms with Crippen molar-refractivity contribution in [2.45, 2.75) is 39.4 Å². The van der Waals surface area contributed by atoms with Crippen LogP contribution in [0.1, 0.15) is 25.0 Å². The van der Waals surface area contributed by atoms with Crippen LogP contribution >= 0.6 is 11.8 Å². The van der Waals surface area contributed by atoms with E-state index in [1.807, 2.05) is 32.0 Å². The summed E-state index contributed by atoms with van der Waals surface area (Å²) in [6.45, 7) is 9.02. The molecule has 0 aliphatic rings. The van der Waals surface area contributed by atoms with Gasteiger partial charge in [0.05, 0.1) is 5.75 Å². The lowest BCUT2D eigenvalue weighted by atomic mass is 10.1. The number of anilines is 1. The summed E-state index contributed by atoms with van der Waals surface area (Å²) in [6.07, 6.45) is 0. The first-order chi connectivity index (χ1) is 10.5. The van der Waals surface area contributed by atoms with E-state index in [4.69, 9.17) is 0 Å². The van der Waals surface area contributed by atoms with Crippen molar-refractivity contribution < 1.29 is 4.79 Å². The van der Waals surface area contributed by atoms with E-state index < -0.39 is 0 Å². The maximum absolute atomic E-state index is 12.0. The Morgan fingerprint density at radius 2 is 2.09 bits per heavy atom. The van der Waals surface area contributed by atoms with Crippen LogP contribution in [-0.4, -0.2) is 31.9 Å². The second kappa shape index (κ2) is 7.40. The molecular weight excluding hydrogens is 298 g/mol. The van der Waals surface area contributed by atoms with Crippen LogP contribution in [0.25, 0.3) is 0 Å². The third-order valence-electron chi connectivity index (χ3n) is 3.16. The Kier molecular flexibility index (Phi) is 5.54. The van der Waals surface area contributed by atoms with Crippen LogP contribution in [0.15, 0.2) is 23.4 Å². The number of nitrogens with one attached hydrogen (secondary N) is 1. The number of aryl methyl sites for hydroxylation is 2. The van der Waals surface area contributed by atoms with Crippen molar-refractivity contribution in [2.24, 2.45) is 5.92 Å². The lowest BCUT2D eigenvalue weighted by Crippen LogP contribution is -2.15. The SMILES string of the molecule is Cc1ccc(NC(=O)CSc2nnnn2CC(C)C)cc1C. The summed E-state index contributed by atoms with van der Waals surface area (Å²) in [5, 5.41) is 15.1. The highest BCUT2D eigenvalue weighted by Gasteiger charge is 2.11. The number of aromatic nitrogens is 4. The van der Waals surface area contributed by atoms with Crippen LogP contribution in [0, 0.1) is 19.8 Å². The van der Waals surface area contributed by atoms with Gasteiger partial charge in [-0.2, -0.15) is 0 Å². The molecule has 0 saturated carbocycles. The average Bonchev–Trinajstić information content (AvgIpc) is 2.87. The first kappa shape index (κ1) is 16.5. The Balaban J connectivity index is 1.90. The van der Waals surface area contributed by atoms with Gasteiger partial charge in [-0.25, -0.2) is 4.68 Å². The molecule has 0 spiro atoms. The minimum atomic E-state index is -0.0626. The van der Waals surface area contributed by atoms with Gasteiger partial charge in [-0.05, 0) is 53.5 Å². The summed E-state index contributed by atoms with van der Waals surface area (Å²) in [4.78, 5) is 12.0. The van der Waals surface area contributed by atoms with Crippen molar-refractivity contribution >= 4 is 23.4 Å². The molecule has 0 aliphatic heterocycles. The number of hydrogen-bond donors (Lipinski definition) is 1. The number of thioether (sulfide) groups is 1. The molecule has 2 rings (SSSR count). The highest BCUT2D eigenvalue weighted by Crippen LogP contribution is 2.17. The largest absolute Gasteiger partial charge is 0.325 e. The third-order valence-corrected chi connectivity index (χ3v) is 4.12. The maximum atomic E-state index is 12.0. The molecule has 6 nitrogen and oxygen atoms in total. The number of benzene rings is 1. The van der Waals surface area contributed by atoms with E-state index in [1.165, 1.54) is 17.3 Å². The molecular formula is C15H21N5OS. The van der Waals surface area contributed by atoms with Crippen LogP contribution in [0.2, 0.25) is 0 Å². The molecule has 0 atom stereocenters. The van der Waals surface area contributed by atoms with Crippen LogP contribution in [0.4, 0.5) is 5.69 Å². The molecule has 7 heteroatoms. The Bertz CT molecular complexity index is 653. The molecule has 22 heavy (non-hydrogen) atoms. The zero-order valence-corrected chi connectivity index (χ0v) is 14.1. The first-order valence-corrected chi connectivity index (χ1v) is 8.20. The second-order valence-electron chi connectivity index (χ2n) is 5.67. The van der Waals surface area contributed by atoms with E-state index >= 15 is 0 Å². The van der Waals surface area contributed by atoms with Crippen LogP contribution in [-0.2, 0) is 11.3 Å². The van der Waals surface area contributed by atoms with Gasteiger partial charge in [0, 0.05) is 12.2 Å². The van der Waals surface area contributed by atoms with E-state index in [9.17, 15) is 4.79 Å². The molecule has 0 bridgehead atoms. The van der Waals surface area contributed by atoms with Gasteiger partial charge >= 0.3 is 0 Å². The monoisotopic (exact) mass is 319 g/mol. The molecule has 0 saturated heterocycles. The third kappa shape index (κ3) is 4.56. The fraction of sp³-hybridized carbons (Fsp3) is 0.467. The molecule has 0 fully saturated rings. The quantitative estimate of drug-likeness (QED) is 0.829. The topological polar surface area (TPSA) is 72.7 Å². The predicted octanol–water partition coefficient (Wildman–Crippen LogP) is 2.68. The predicted molar refractivity (Wildman–Crippen MR) is 87.9 cm³/mol. The summed E-state index contributed by atoms with van der Waals surface area (Å²) < 4.78 is 1.73. The standard InChI is InChI=1S/C15H21N5OS/c1-10(2)8-20-15(17-18-19-20)22-9-14(21)16-13-6-5-11(3)12(4)7-13/h5-7,10H,8-9H2,1-4H3,(H,16,21). The molecule has 0 radical (unpaired) electrons. The van der Waals surface area contributed by atoms with Gasteiger partial charge in [0.2, 0.25) is 11.1 Å². The fourth-order valence-corrected chi connectivity index (χ4v) is 2.59. The molecule has 1 aromatic heterocycles. The zero-order chi connectivity index (χ0) is 16.1. The number of nitrogens with zero attached hydrogens (tertiary/aromatic N) is 4. The summed E-state index contributed by atoms with van der Waals surface area (Å²) in [6, 6.07) is 5.88. The Labute approximate surface area is 134 Å². The molecule has 1 heterocycles. The summed E-state index contributed by atoms with van der Waals surface area (Å²) >= 11 is 1.35. The van der Waals surface area contributed by atoms with Crippen molar-refractivity contribution in [1.82, 2.24) is 20.2 Å². The van der Waals surface area contributed by atoms with Crippen molar-refractivity contribution in [1.29, 1.82) is 0 Å². The lowest BCUT2D eigenvalue weighted by Gasteiger charge is -2.08. The van der Waals surface area contributed by atoms with Crippen LogP contribution < -0.4 is 5.32 Å². The minimum absolute atomic E-state index is 0.0626. The molecule has 0 aliphatic carbocycles. The summed E-state index contributed by atoms with van der Waals surface area (Å²) in [7, 11) is 0. The summed E-state index contributed by atoms with van der Waals surface area (Å²) in [5.74, 6) is 0.672. The van der Waals surface area contributed by atoms with Gasteiger partial charge in [0.25, 0.3) is 0 Å². The van der Waals surface area contributed by atoms with E-state index in [0.29, 0.717) is 11.1 Å². The molecule has 0 unspecified atom stereocenters. The number of tetrazole rings is 1. The van der Waals surface area contributed by atoms with Gasteiger partial charge in [-0.1, -0.05) is 31.7 Å². The first-order valence-electron chi connectivity index (χ1n) is 7.21. The highest BCUT2D eigenvalue weighted by molar-refractivity contribution is 7.99. The van der Waals surface area contributed by atoms with Crippen LogP contribution in [0.3, 0.4) is 0 Å². The van der Waals surface area contributed by atoms with E-state index in [-0.39, 0.29) is 11.7 Å². The molecule has 1 N–H and O–H groups in total. The fourth-order valence-electron chi connectivity index (χ4n) is 1.91. The molecule has 118 valence electrons. The van der Waals surface area contributed by atoms with E-state index in [0.717, 1.165) is 17.8 Å². The van der Waals surface area contributed by atoms with E-state index in [1.54, 1.807) is 4.68 Å². The number of hydrogen-bond acceptors (Lipinski definition) is 5. The number of carbonyl (C=O) groups is 1. The van der Waals surface area contributed by atoms with Gasteiger partial charge in [0.15, 0.2) is 0 Å². The maximum Gasteiger partial charge on any atom is 0.234 e. The van der Waals surface area contributed by atoms with Crippen molar-refractivity contribution in [3.05, 3.63) is 29.3 Å². The Morgan fingerprint density at radius 1 is 1.32 bits per heavy atom. The molecule has 1 amide bonds. The van der Waals surface area contributed by atoms with Crippen molar-refractivity contribution in [3.8, 4) is 0 Å². The molecule has 2 aromatic rings. The zero-order valence-electron chi connectivity index (χ0n) is 13.3. The average molecular weight is 319 g/mol.